The number of hydrogen-bond donors (Lipinski definition) is 3. The van der Waals surface area contributed by atoms with Crippen LogP contribution in [0.1, 0.15) is 30.8 Å². The molecule has 0 unspecified atom stereocenters. The number of rotatable bonds is 5. The molecule has 6 nitrogen and oxygen atoms in total. The van der Waals surface area contributed by atoms with Crippen molar-refractivity contribution in [1.82, 2.24) is 5.32 Å². The molecule has 0 aliphatic carbocycles. The lowest BCUT2D eigenvalue weighted by atomic mass is 10.1. The molecule has 2 aromatic rings. The van der Waals surface area contributed by atoms with Gasteiger partial charge in [-0.1, -0.05) is 25.4 Å². The molecule has 2 amide bonds. The summed E-state index contributed by atoms with van der Waals surface area (Å²) in [5, 5.41) is 8.64. The molecule has 0 saturated carbocycles. The summed E-state index contributed by atoms with van der Waals surface area (Å²) >= 11 is 11.3. The maximum atomic E-state index is 12.0. The van der Waals surface area contributed by atoms with Gasteiger partial charge >= 0.3 is 0 Å². The number of furan rings is 1. The Morgan fingerprint density at radius 1 is 1.24 bits per heavy atom. The molecule has 2 rings (SSSR count). The van der Waals surface area contributed by atoms with Crippen molar-refractivity contribution < 1.29 is 14.0 Å². The van der Waals surface area contributed by atoms with Gasteiger partial charge in [0.1, 0.15) is 0 Å². The monoisotopic (exact) mass is 379 g/mol. The zero-order valence-electron chi connectivity index (χ0n) is 13.8. The molecule has 1 heterocycles. The second-order valence-electron chi connectivity index (χ2n) is 5.73. The molecule has 0 fully saturated rings. The molecule has 0 saturated heterocycles. The molecule has 0 atom stereocenters. The smallest absolute Gasteiger partial charge is 0.291 e. The van der Waals surface area contributed by atoms with Crippen molar-refractivity contribution in [3.05, 3.63) is 47.4 Å². The average Bonchev–Trinajstić information content (AvgIpc) is 3.03. The van der Waals surface area contributed by atoms with Crippen molar-refractivity contribution in [3.63, 3.8) is 0 Å². The molecule has 1 aromatic heterocycles. The number of carbonyl (C=O) groups is 2. The standard InChI is InChI=1S/C17H18ClN3O3S/c1-10(2)8-15(22)21-17(25)19-11-5-6-13(12(18)9-11)20-16(23)14-4-3-7-24-14/h3-7,9-10H,8H2,1-2H3,(H,20,23)(H2,19,21,22,25). The first-order valence-corrected chi connectivity index (χ1v) is 8.39. The number of anilines is 2. The minimum Gasteiger partial charge on any atom is -0.459 e. The van der Waals surface area contributed by atoms with Crippen LogP contribution in [0.25, 0.3) is 0 Å². The lowest BCUT2D eigenvalue weighted by molar-refractivity contribution is -0.120. The van der Waals surface area contributed by atoms with E-state index in [0.29, 0.717) is 22.8 Å². The van der Waals surface area contributed by atoms with E-state index in [1.165, 1.54) is 6.26 Å². The van der Waals surface area contributed by atoms with E-state index < -0.39 is 5.91 Å². The van der Waals surface area contributed by atoms with Crippen molar-refractivity contribution >= 4 is 52.1 Å². The molecule has 0 bridgehead atoms. The van der Waals surface area contributed by atoms with Crippen molar-refractivity contribution in [2.45, 2.75) is 20.3 Å². The molecule has 132 valence electrons. The minimum absolute atomic E-state index is 0.152. The number of benzene rings is 1. The van der Waals surface area contributed by atoms with Gasteiger partial charge in [-0.15, -0.1) is 0 Å². The number of halogens is 1. The largest absolute Gasteiger partial charge is 0.459 e. The molecule has 3 N–H and O–H groups in total. The first-order valence-electron chi connectivity index (χ1n) is 7.60. The van der Waals surface area contributed by atoms with Gasteiger partial charge in [0.15, 0.2) is 10.9 Å². The van der Waals surface area contributed by atoms with Gasteiger partial charge in [0.25, 0.3) is 5.91 Å². The molecule has 0 spiro atoms. The molecule has 0 aliphatic rings. The summed E-state index contributed by atoms with van der Waals surface area (Å²) in [5.41, 5.74) is 1.03. The fourth-order valence-corrected chi connectivity index (χ4v) is 2.46. The quantitative estimate of drug-likeness (QED) is 0.683. The second kappa shape index (κ2) is 8.64. The first-order chi connectivity index (χ1) is 11.8. The summed E-state index contributed by atoms with van der Waals surface area (Å²) in [6.07, 6.45) is 1.80. The van der Waals surface area contributed by atoms with E-state index in [0.717, 1.165) is 0 Å². The third-order valence-electron chi connectivity index (χ3n) is 3.07. The summed E-state index contributed by atoms with van der Waals surface area (Å²) in [5.74, 6) is -0.119. The molecule has 0 radical (unpaired) electrons. The average molecular weight is 380 g/mol. The van der Waals surface area contributed by atoms with Gasteiger partial charge in [-0.3, -0.25) is 9.59 Å². The minimum atomic E-state index is -0.399. The normalized spacial score (nSPS) is 10.4. The van der Waals surface area contributed by atoms with E-state index in [1.54, 1.807) is 30.3 Å². The Kier molecular flexibility index (Phi) is 6.55. The van der Waals surface area contributed by atoms with Crippen LogP contribution in [0.15, 0.2) is 41.0 Å². The van der Waals surface area contributed by atoms with E-state index in [4.69, 9.17) is 28.2 Å². The third kappa shape index (κ3) is 5.88. The Labute approximate surface area is 155 Å². The fraction of sp³-hybridized carbons (Fsp3) is 0.235. The number of amides is 2. The van der Waals surface area contributed by atoms with Crippen LogP contribution in [-0.4, -0.2) is 16.9 Å². The van der Waals surface area contributed by atoms with Crippen LogP contribution < -0.4 is 16.0 Å². The number of thiocarbonyl (C=S) groups is 1. The van der Waals surface area contributed by atoms with Gasteiger partial charge in [-0.2, -0.15) is 0 Å². The van der Waals surface area contributed by atoms with E-state index in [9.17, 15) is 9.59 Å². The Hall–Kier alpha value is -2.38. The lowest BCUT2D eigenvalue weighted by Gasteiger charge is -2.12. The Bertz CT molecular complexity index is 775. The molecule has 25 heavy (non-hydrogen) atoms. The highest BCUT2D eigenvalue weighted by atomic mass is 35.5. The SMILES string of the molecule is CC(C)CC(=O)NC(=S)Nc1ccc(NC(=O)c2ccco2)c(Cl)c1. The highest BCUT2D eigenvalue weighted by Gasteiger charge is 2.12. The summed E-state index contributed by atoms with van der Waals surface area (Å²) in [6.45, 7) is 3.90. The van der Waals surface area contributed by atoms with Crippen molar-refractivity contribution in [2.75, 3.05) is 10.6 Å². The number of hydrogen-bond acceptors (Lipinski definition) is 4. The summed E-state index contributed by atoms with van der Waals surface area (Å²) in [6, 6.07) is 8.09. The Morgan fingerprint density at radius 2 is 2.00 bits per heavy atom. The highest BCUT2D eigenvalue weighted by molar-refractivity contribution is 7.80. The van der Waals surface area contributed by atoms with Crippen LogP contribution >= 0.6 is 23.8 Å². The predicted molar refractivity (Wildman–Crippen MR) is 102 cm³/mol. The molecule has 8 heteroatoms. The highest BCUT2D eigenvalue weighted by Crippen LogP contribution is 2.26. The Morgan fingerprint density at radius 3 is 2.60 bits per heavy atom. The van der Waals surface area contributed by atoms with E-state index in [2.05, 4.69) is 16.0 Å². The van der Waals surface area contributed by atoms with E-state index in [1.807, 2.05) is 13.8 Å². The van der Waals surface area contributed by atoms with Crippen molar-refractivity contribution in [3.8, 4) is 0 Å². The van der Waals surface area contributed by atoms with Crippen LogP contribution in [0.5, 0.6) is 0 Å². The van der Waals surface area contributed by atoms with Crippen LogP contribution in [0.4, 0.5) is 11.4 Å². The molecule has 1 aromatic carbocycles. The lowest BCUT2D eigenvalue weighted by Crippen LogP contribution is -2.34. The van der Waals surface area contributed by atoms with E-state index in [-0.39, 0.29) is 22.7 Å². The summed E-state index contributed by atoms with van der Waals surface area (Å²) in [4.78, 5) is 23.6. The fourth-order valence-electron chi connectivity index (χ4n) is 2.00. The third-order valence-corrected chi connectivity index (χ3v) is 3.58. The van der Waals surface area contributed by atoms with Gasteiger partial charge < -0.3 is 20.4 Å². The zero-order chi connectivity index (χ0) is 18.4. The summed E-state index contributed by atoms with van der Waals surface area (Å²) in [7, 11) is 0. The maximum absolute atomic E-state index is 12.0. The Balaban J connectivity index is 1.96. The van der Waals surface area contributed by atoms with Crippen molar-refractivity contribution in [1.29, 1.82) is 0 Å². The molecule has 0 aliphatic heterocycles. The predicted octanol–water partition coefficient (Wildman–Crippen LogP) is 4.04. The van der Waals surface area contributed by atoms with Crippen LogP contribution in [0, 0.1) is 5.92 Å². The number of nitrogens with one attached hydrogen (secondary N) is 3. The number of carbonyl (C=O) groups excluding carboxylic acids is 2. The van der Waals surface area contributed by atoms with Gasteiger partial charge in [-0.25, -0.2) is 0 Å². The molecular formula is C17H18ClN3O3S. The van der Waals surface area contributed by atoms with Crippen LogP contribution in [0.3, 0.4) is 0 Å². The van der Waals surface area contributed by atoms with Gasteiger partial charge in [0, 0.05) is 12.1 Å². The van der Waals surface area contributed by atoms with Crippen LogP contribution in [0.2, 0.25) is 5.02 Å². The van der Waals surface area contributed by atoms with Gasteiger partial charge in [0.2, 0.25) is 5.91 Å². The second-order valence-corrected chi connectivity index (χ2v) is 6.54. The zero-order valence-corrected chi connectivity index (χ0v) is 15.3. The first kappa shape index (κ1) is 19.0. The van der Waals surface area contributed by atoms with E-state index >= 15 is 0 Å². The summed E-state index contributed by atoms with van der Waals surface area (Å²) < 4.78 is 5.02. The maximum Gasteiger partial charge on any atom is 0.291 e. The van der Waals surface area contributed by atoms with Crippen molar-refractivity contribution in [2.24, 2.45) is 5.92 Å². The molecular weight excluding hydrogens is 362 g/mol. The van der Waals surface area contributed by atoms with Gasteiger partial charge in [0.05, 0.1) is 17.0 Å². The topological polar surface area (TPSA) is 83.4 Å². The van der Waals surface area contributed by atoms with Crippen LogP contribution in [-0.2, 0) is 4.79 Å². The van der Waals surface area contributed by atoms with Gasteiger partial charge in [-0.05, 0) is 48.5 Å².